The zero-order valence-electron chi connectivity index (χ0n) is 9.44. The first-order valence-electron chi connectivity index (χ1n) is 5.36. The normalized spacial score (nSPS) is 27.3. The minimum absolute atomic E-state index is 0.0489. The number of ether oxygens (including phenoxy) is 1. The topological polar surface area (TPSA) is 58.6 Å². The number of carboxylic acid groups (broad SMARTS) is 1. The van der Waals surface area contributed by atoms with Gasteiger partial charge in [0.1, 0.15) is 11.4 Å². The van der Waals surface area contributed by atoms with E-state index in [1.165, 1.54) is 12.1 Å². The van der Waals surface area contributed by atoms with Crippen molar-refractivity contribution < 1.29 is 19.0 Å². The fourth-order valence-corrected chi connectivity index (χ4v) is 2.06. The Morgan fingerprint density at radius 3 is 2.82 bits per heavy atom. The number of benzene rings is 1. The van der Waals surface area contributed by atoms with Crippen molar-refractivity contribution >= 4 is 11.7 Å². The average Bonchev–Trinajstić information content (AvgIpc) is 2.22. The van der Waals surface area contributed by atoms with E-state index in [2.05, 4.69) is 5.32 Å². The standard InChI is InChI=1S/C12H14FNO3/c1-17-10-6-12(7-10,11(15)16)14-9-4-2-3-8(13)5-9/h2-5,10,14H,6-7H2,1H3,(H,15,16). The second-order valence-corrected chi connectivity index (χ2v) is 4.29. The second-order valence-electron chi connectivity index (χ2n) is 4.29. The Morgan fingerprint density at radius 2 is 2.29 bits per heavy atom. The highest BCUT2D eigenvalue weighted by Gasteiger charge is 2.51. The summed E-state index contributed by atoms with van der Waals surface area (Å²) in [6, 6.07) is 5.79. The van der Waals surface area contributed by atoms with E-state index in [0.717, 1.165) is 0 Å². The van der Waals surface area contributed by atoms with Crippen LogP contribution in [-0.4, -0.2) is 29.8 Å². The summed E-state index contributed by atoms with van der Waals surface area (Å²) in [6.07, 6.45) is 0.720. The summed E-state index contributed by atoms with van der Waals surface area (Å²) in [7, 11) is 1.55. The summed E-state index contributed by atoms with van der Waals surface area (Å²) in [5.74, 6) is -1.33. The van der Waals surface area contributed by atoms with Gasteiger partial charge < -0.3 is 15.2 Å². The summed E-state index contributed by atoms with van der Waals surface area (Å²) in [5.41, 5.74) is -0.559. The SMILES string of the molecule is COC1CC(Nc2cccc(F)c2)(C(=O)O)C1. The number of hydrogen-bond donors (Lipinski definition) is 2. The van der Waals surface area contributed by atoms with Gasteiger partial charge in [-0.1, -0.05) is 6.07 Å². The van der Waals surface area contributed by atoms with Gasteiger partial charge in [0.25, 0.3) is 0 Å². The number of carbonyl (C=O) groups is 1. The Hall–Kier alpha value is -1.62. The smallest absolute Gasteiger partial charge is 0.329 e. The zero-order valence-corrected chi connectivity index (χ0v) is 9.44. The van der Waals surface area contributed by atoms with Crippen LogP contribution in [0.2, 0.25) is 0 Å². The lowest BCUT2D eigenvalue weighted by atomic mass is 9.74. The predicted molar refractivity (Wildman–Crippen MR) is 60.4 cm³/mol. The Balaban J connectivity index is 2.12. The molecule has 1 aromatic rings. The van der Waals surface area contributed by atoms with E-state index >= 15 is 0 Å². The number of carboxylic acids is 1. The molecule has 2 rings (SSSR count). The van der Waals surface area contributed by atoms with Gasteiger partial charge in [-0.15, -0.1) is 0 Å². The first-order valence-corrected chi connectivity index (χ1v) is 5.36. The van der Waals surface area contributed by atoms with Crippen molar-refractivity contribution in [2.45, 2.75) is 24.5 Å². The van der Waals surface area contributed by atoms with Crippen molar-refractivity contribution in [3.63, 3.8) is 0 Å². The molecule has 1 aromatic carbocycles. The summed E-state index contributed by atoms with van der Waals surface area (Å²) in [4.78, 5) is 11.2. The van der Waals surface area contributed by atoms with E-state index in [-0.39, 0.29) is 6.10 Å². The maximum atomic E-state index is 13.0. The molecule has 0 unspecified atom stereocenters. The third-order valence-electron chi connectivity index (χ3n) is 3.10. The van der Waals surface area contributed by atoms with Gasteiger partial charge in [0.2, 0.25) is 0 Å². The number of halogens is 1. The van der Waals surface area contributed by atoms with Crippen LogP contribution in [0.4, 0.5) is 10.1 Å². The maximum absolute atomic E-state index is 13.0. The van der Waals surface area contributed by atoms with E-state index in [1.54, 1.807) is 19.2 Å². The second kappa shape index (κ2) is 4.33. The molecule has 0 heterocycles. The molecule has 0 atom stereocenters. The average molecular weight is 239 g/mol. The van der Waals surface area contributed by atoms with Crippen LogP contribution in [0.5, 0.6) is 0 Å². The van der Waals surface area contributed by atoms with Crippen molar-refractivity contribution in [1.29, 1.82) is 0 Å². The molecule has 4 nitrogen and oxygen atoms in total. The molecule has 17 heavy (non-hydrogen) atoms. The van der Waals surface area contributed by atoms with Crippen molar-refractivity contribution in [1.82, 2.24) is 0 Å². The molecule has 0 spiro atoms. The lowest BCUT2D eigenvalue weighted by Gasteiger charge is -2.44. The van der Waals surface area contributed by atoms with Crippen LogP contribution in [0.25, 0.3) is 0 Å². The molecule has 0 aromatic heterocycles. The van der Waals surface area contributed by atoms with E-state index in [0.29, 0.717) is 18.5 Å². The zero-order chi connectivity index (χ0) is 12.5. The summed E-state index contributed by atoms with van der Waals surface area (Å²) in [5, 5.41) is 12.1. The molecule has 2 N–H and O–H groups in total. The first-order chi connectivity index (χ1) is 8.05. The van der Waals surface area contributed by atoms with Crippen LogP contribution in [0.1, 0.15) is 12.8 Å². The highest BCUT2D eigenvalue weighted by atomic mass is 19.1. The number of nitrogens with one attached hydrogen (secondary N) is 1. The molecule has 92 valence electrons. The quantitative estimate of drug-likeness (QED) is 0.842. The lowest BCUT2D eigenvalue weighted by Crippen LogP contribution is -2.59. The highest BCUT2D eigenvalue weighted by molar-refractivity contribution is 5.84. The number of rotatable bonds is 4. The molecule has 0 aliphatic heterocycles. The van der Waals surface area contributed by atoms with Crippen molar-refractivity contribution in [2.75, 3.05) is 12.4 Å². The minimum atomic E-state index is -1.03. The Bertz CT molecular complexity index is 430. The summed E-state index contributed by atoms with van der Waals surface area (Å²) < 4.78 is 18.1. The predicted octanol–water partition coefficient (Wildman–Crippen LogP) is 1.87. The number of aliphatic carboxylic acids is 1. The molecule has 1 fully saturated rings. The largest absolute Gasteiger partial charge is 0.480 e. The van der Waals surface area contributed by atoms with Crippen LogP contribution >= 0.6 is 0 Å². The van der Waals surface area contributed by atoms with E-state index in [9.17, 15) is 14.3 Å². The third kappa shape index (κ3) is 2.24. The minimum Gasteiger partial charge on any atom is -0.480 e. The number of anilines is 1. The Labute approximate surface area is 98.4 Å². The Kier molecular flexibility index (Phi) is 3.02. The fraction of sp³-hybridized carbons (Fsp3) is 0.417. The lowest BCUT2D eigenvalue weighted by molar-refractivity contribution is -0.151. The molecule has 0 amide bonds. The molecule has 1 saturated carbocycles. The highest BCUT2D eigenvalue weighted by Crippen LogP contribution is 2.37. The van der Waals surface area contributed by atoms with Crippen LogP contribution in [-0.2, 0) is 9.53 Å². The maximum Gasteiger partial charge on any atom is 0.329 e. The van der Waals surface area contributed by atoms with Crippen LogP contribution in [0.3, 0.4) is 0 Å². The van der Waals surface area contributed by atoms with Gasteiger partial charge in [-0.3, -0.25) is 0 Å². The van der Waals surface area contributed by atoms with Gasteiger partial charge in [-0.25, -0.2) is 9.18 Å². The molecule has 1 aliphatic carbocycles. The third-order valence-corrected chi connectivity index (χ3v) is 3.10. The van der Waals surface area contributed by atoms with Gasteiger partial charge >= 0.3 is 5.97 Å². The van der Waals surface area contributed by atoms with Crippen LogP contribution < -0.4 is 5.32 Å². The number of hydrogen-bond acceptors (Lipinski definition) is 3. The molecular weight excluding hydrogens is 225 g/mol. The molecular formula is C12H14FNO3. The molecule has 1 aliphatic rings. The molecule has 5 heteroatoms. The van der Waals surface area contributed by atoms with Gasteiger partial charge in [0.15, 0.2) is 0 Å². The molecule has 0 radical (unpaired) electrons. The van der Waals surface area contributed by atoms with Gasteiger partial charge in [-0.2, -0.15) is 0 Å². The molecule has 0 bridgehead atoms. The van der Waals surface area contributed by atoms with Gasteiger partial charge in [0.05, 0.1) is 6.10 Å². The van der Waals surface area contributed by atoms with E-state index < -0.39 is 17.3 Å². The summed E-state index contributed by atoms with van der Waals surface area (Å²) in [6.45, 7) is 0. The van der Waals surface area contributed by atoms with E-state index in [4.69, 9.17) is 4.74 Å². The Morgan fingerprint density at radius 1 is 1.59 bits per heavy atom. The van der Waals surface area contributed by atoms with Crippen molar-refractivity contribution in [3.8, 4) is 0 Å². The van der Waals surface area contributed by atoms with Crippen LogP contribution in [0, 0.1) is 5.82 Å². The van der Waals surface area contributed by atoms with Crippen molar-refractivity contribution in [2.24, 2.45) is 0 Å². The van der Waals surface area contributed by atoms with Crippen LogP contribution in [0.15, 0.2) is 24.3 Å². The van der Waals surface area contributed by atoms with E-state index in [1.807, 2.05) is 0 Å². The fourth-order valence-electron chi connectivity index (χ4n) is 2.06. The number of methoxy groups -OCH3 is 1. The first kappa shape index (κ1) is 11.9. The van der Waals surface area contributed by atoms with Gasteiger partial charge in [-0.05, 0) is 18.2 Å². The molecule has 0 saturated heterocycles. The monoisotopic (exact) mass is 239 g/mol. The van der Waals surface area contributed by atoms with Crippen molar-refractivity contribution in [3.05, 3.63) is 30.1 Å². The van der Waals surface area contributed by atoms with Gasteiger partial charge in [0, 0.05) is 25.6 Å². The summed E-state index contributed by atoms with van der Waals surface area (Å²) >= 11 is 0.